The van der Waals surface area contributed by atoms with Gasteiger partial charge < -0.3 is 34.5 Å². The summed E-state index contributed by atoms with van der Waals surface area (Å²) >= 11 is 0. The Kier molecular flexibility index (Phi) is 12.8. The van der Waals surface area contributed by atoms with Crippen LogP contribution in [0.5, 0.6) is 11.5 Å². The Labute approximate surface area is 234 Å². The van der Waals surface area contributed by atoms with Gasteiger partial charge in [-0.25, -0.2) is 0 Å². The zero-order chi connectivity index (χ0) is 28.2. The molecule has 0 radical (unpaired) electrons. The van der Waals surface area contributed by atoms with Gasteiger partial charge in [-0.3, -0.25) is 9.59 Å². The van der Waals surface area contributed by atoms with Crippen molar-refractivity contribution >= 4 is 11.8 Å². The molecular weight excluding hydrogens is 498 g/mol. The van der Waals surface area contributed by atoms with Crippen molar-refractivity contribution in [2.24, 2.45) is 17.8 Å². The molecule has 220 valence electrons. The van der Waals surface area contributed by atoms with E-state index in [0.29, 0.717) is 49.3 Å². The van der Waals surface area contributed by atoms with Crippen LogP contribution in [0, 0.1) is 17.8 Å². The van der Waals surface area contributed by atoms with Crippen LogP contribution in [0.4, 0.5) is 0 Å². The van der Waals surface area contributed by atoms with Crippen LogP contribution in [0.25, 0.3) is 0 Å². The number of amides is 2. The molecule has 2 aliphatic rings. The smallest absolute Gasteiger partial charge is 0.254 e. The third-order valence-electron chi connectivity index (χ3n) is 8.08. The fourth-order valence-corrected chi connectivity index (χ4v) is 5.78. The maximum absolute atomic E-state index is 13.7. The van der Waals surface area contributed by atoms with Gasteiger partial charge >= 0.3 is 0 Å². The summed E-state index contributed by atoms with van der Waals surface area (Å²) in [6, 6.07) is 5.36. The van der Waals surface area contributed by atoms with Crippen LogP contribution in [0.3, 0.4) is 0 Å². The Hall–Kier alpha value is -2.36. The first-order valence-electron chi connectivity index (χ1n) is 14.5. The molecule has 0 bridgehead atoms. The number of hydrogen-bond donors (Lipinski definition) is 2. The van der Waals surface area contributed by atoms with Gasteiger partial charge in [0.05, 0.1) is 13.7 Å². The number of nitrogens with zero attached hydrogens (tertiary/aromatic N) is 1. The van der Waals surface area contributed by atoms with E-state index in [-0.39, 0.29) is 35.8 Å². The predicted molar refractivity (Wildman–Crippen MR) is 151 cm³/mol. The molecular formula is C30H49N3O6. The summed E-state index contributed by atoms with van der Waals surface area (Å²) in [6.45, 7) is 7.96. The first kappa shape index (κ1) is 31.2. The van der Waals surface area contributed by atoms with E-state index in [9.17, 15) is 9.59 Å². The number of nitrogens with one attached hydrogen (secondary N) is 2. The number of hydrogen-bond acceptors (Lipinski definition) is 7. The van der Waals surface area contributed by atoms with Crippen molar-refractivity contribution in [3.63, 3.8) is 0 Å². The quantitative estimate of drug-likeness (QED) is 0.324. The number of ether oxygens (including phenoxy) is 4. The van der Waals surface area contributed by atoms with Crippen molar-refractivity contribution in [3.8, 4) is 11.5 Å². The van der Waals surface area contributed by atoms with Crippen LogP contribution in [-0.2, 0) is 14.3 Å². The number of carbonyl (C=O) groups excluding carboxylic acids is 2. The van der Waals surface area contributed by atoms with Gasteiger partial charge in [-0.2, -0.15) is 0 Å². The predicted octanol–water partition coefficient (Wildman–Crippen LogP) is 3.51. The molecule has 1 heterocycles. The maximum Gasteiger partial charge on any atom is 0.254 e. The Morgan fingerprint density at radius 2 is 1.77 bits per heavy atom. The highest BCUT2D eigenvalue weighted by atomic mass is 16.5. The second-order valence-electron chi connectivity index (χ2n) is 11.1. The number of methoxy groups -OCH3 is 3. The van der Waals surface area contributed by atoms with E-state index >= 15 is 0 Å². The van der Waals surface area contributed by atoms with Crippen molar-refractivity contribution < 1.29 is 28.5 Å². The molecule has 1 aliphatic carbocycles. The van der Waals surface area contributed by atoms with Crippen LogP contribution < -0.4 is 20.1 Å². The van der Waals surface area contributed by atoms with Crippen LogP contribution in [0.2, 0.25) is 0 Å². The molecule has 1 aromatic carbocycles. The minimum absolute atomic E-state index is 0.0110. The molecule has 1 aromatic rings. The summed E-state index contributed by atoms with van der Waals surface area (Å²) in [5, 5.41) is 6.63. The van der Waals surface area contributed by atoms with Gasteiger partial charge in [0.1, 0.15) is 6.10 Å². The Balaban J connectivity index is 1.62. The minimum atomic E-state index is -0.382. The lowest BCUT2D eigenvalue weighted by Gasteiger charge is -2.32. The first-order chi connectivity index (χ1) is 18.9. The molecule has 1 saturated carbocycles. The van der Waals surface area contributed by atoms with Gasteiger partial charge in [0.2, 0.25) is 5.91 Å². The zero-order valence-electron chi connectivity index (χ0n) is 24.5. The molecule has 2 unspecified atom stereocenters. The summed E-state index contributed by atoms with van der Waals surface area (Å²) in [7, 11) is 4.89. The second kappa shape index (κ2) is 16.0. The van der Waals surface area contributed by atoms with E-state index in [2.05, 4.69) is 10.6 Å². The highest BCUT2D eigenvalue weighted by Crippen LogP contribution is 2.30. The monoisotopic (exact) mass is 547 g/mol. The molecule has 3 rings (SSSR count). The van der Waals surface area contributed by atoms with Gasteiger partial charge in [-0.05, 0) is 62.6 Å². The normalized spacial score (nSPS) is 20.6. The second-order valence-corrected chi connectivity index (χ2v) is 11.1. The highest BCUT2D eigenvalue weighted by molar-refractivity contribution is 5.95. The summed E-state index contributed by atoms with van der Waals surface area (Å²) < 4.78 is 22.1. The SMILES string of the molecule is COCCCOc1cc(C(=O)N(C[C@@H]2CNCC2CNC(=O)C(OC)C2CCCCC2)C(C)C)ccc1OC. The molecule has 2 N–H and O–H groups in total. The van der Waals surface area contributed by atoms with E-state index in [0.717, 1.165) is 32.4 Å². The van der Waals surface area contributed by atoms with E-state index in [1.54, 1.807) is 39.5 Å². The molecule has 0 aromatic heterocycles. The van der Waals surface area contributed by atoms with E-state index in [1.807, 2.05) is 18.7 Å². The lowest BCUT2D eigenvalue weighted by atomic mass is 9.84. The number of carbonyl (C=O) groups is 2. The lowest BCUT2D eigenvalue weighted by Crippen LogP contribution is -2.46. The van der Waals surface area contributed by atoms with Crippen LogP contribution >= 0.6 is 0 Å². The highest BCUT2D eigenvalue weighted by Gasteiger charge is 2.34. The Morgan fingerprint density at radius 3 is 2.44 bits per heavy atom. The summed E-state index contributed by atoms with van der Waals surface area (Å²) in [5.74, 6) is 1.87. The van der Waals surface area contributed by atoms with Crippen molar-refractivity contribution in [2.75, 3.05) is 60.7 Å². The summed E-state index contributed by atoms with van der Waals surface area (Å²) in [6.07, 6.45) is 6.05. The molecule has 2 fully saturated rings. The lowest BCUT2D eigenvalue weighted by molar-refractivity contribution is -0.135. The van der Waals surface area contributed by atoms with E-state index in [1.165, 1.54) is 19.3 Å². The maximum atomic E-state index is 13.7. The molecule has 39 heavy (non-hydrogen) atoms. The van der Waals surface area contributed by atoms with Crippen molar-refractivity contribution in [3.05, 3.63) is 23.8 Å². The average Bonchev–Trinajstić information content (AvgIpc) is 3.40. The Bertz CT molecular complexity index is 905. The van der Waals surface area contributed by atoms with E-state index < -0.39 is 0 Å². The third kappa shape index (κ3) is 8.82. The minimum Gasteiger partial charge on any atom is -0.493 e. The fourth-order valence-electron chi connectivity index (χ4n) is 5.78. The van der Waals surface area contributed by atoms with Crippen molar-refractivity contribution in [1.82, 2.24) is 15.5 Å². The van der Waals surface area contributed by atoms with Crippen LogP contribution in [0.1, 0.15) is 62.7 Å². The average molecular weight is 548 g/mol. The van der Waals surface area contributed by atoms with Gasteiger partial charge in [-0.1, -0.05) is 19.3 Å². The van der Waals surface area contributed by atoms with Crippen molar-refractivity contribution in [1.29, 1.82) is 0 Å². The van der Waals surface area contributed by atoms with Crippen molar-refractivity contribution in [2.45, 2.75) is 64.5 Å². The number of rotatable bonds is 15. The standard InChI is InChI=1S/C30H49N3O6/c1-21(2)33(30(35)23-12-13-26(37-4)27(16-23)39-15-9-14-36-3)20-25-18-31-17-24(25)19-32-29(34)28(38-5)22-10-7-6-8-11-22/h12-13,16,21-22,24-25,28,31H,6-11,14-15,17-20H2,1-5H3,(H,32,34)/t24?,25-,28?/m0/s1. The molecule has 0 spiro atoms. The molecule has 3 atom stereocenters. The first-order valence-corrected chi connectivity index (χ1v) is 14.5. The number of benzene rings is 1. The van der Waals surface area contributed by atoms with Crippen LogP contribution in [0.15, 0.2) is 18.2 Å². The van der Waals surface area contributed by atoms with Gasteiger partial charge in [0, 0.05) is 65.0 Å². The molecule has 1 aliphatic heterocycles. The van der Waals surface area contributed by atoms with Gasteiger partial charge in [0.25, 0.3) is 5.91 Å². The van der Waals surface area contributed by atoms with E-state index in [4.69, 9.17) is 18.9 Å². The summed E-state index contributed by atoms with van der Waals surface area (Å²) in [4.78, 5) is 28.6. The summed E-state index contributed by atoms with van der Waals surface area (Å²) in [5.41, 5.74) is 0.567. The third-order valence-corrected chi connectivity index (χ3v) is 8.08. The molecule has 2 amide bonds. The van der Waals surface area contributed by atoms with Gasteiger partial charge in [-0.15, -0.1) is 0 Å². The fraction of sp³-hybridized carbons (Fsp3) is 0.733. The zero-order valence-corrected chi connectivity index (χ0v) is 24.5. The van der Waals surface area contributed by atoms with Crippen LogP contribution in [-0.4, -0.2) is 89.6 Å². The Morgan fingerprint density at radius 1 is 1.03 bits per heavy atom. The molecule has 9 heteroatoms. The largest absolute Gasteiger partial charge is 0.493 e. The molecule has 1 saturated heterocycles. The molecule has 9 nitrogen and oxygen atoms in total. The topological polar surface area (TPSA) is 98.4 Å². The van der Waals surface area contributed by atoms with Gasteiger partial charge in [0.15, 0.2) is 11.5 Å².